The number of amides is 1. The van der Waals surface area contributed by atoms with E-state index in [1.54, 1.807) is 6.08 Å². The smallest absolute Gasteiger partial charge is 0.354 e. The van der Waals surface area contributed by atoms with Crippen molar-refractivity contribution < 1.29 is 23.3 Å². The molecule has 28 heavy (non-hydrogen) atoms. The Hall–Kier alpha value is -0.903. The van der Waals surface area contributed by atoms with Crippen molar-refractivity contribution in [2.24, 2.45) is 5.92 Å². The van der Waals surface area contributed by atoms with Crippen molar-refractivity contribution in [3.63, 3.8) is 0 Å². The van der Waals surface area contributed by atoms with Gasteiger partial charge in [-0.1, -0.05) is 45.5 Å². The number of carbonyl (C=O) groups excluding carboxylic acids is 1. The summed E-state index contributed by atoms with van der Waals surface area (Å²) in [6, 6.07) is 0. The van der Waals surface area contributed by atoms with Gasteiger partial charge in [-0.2, -0.15) is 0 Å². The number of allylic oxidation sites excluding steroid dienone is 1. The van der Waals surface area contributed by atoms with Crippen molar-refractivity contribution in [1.29, 1.82) is 0 Å². The molecule has 1 fully saturated rings. The van der Waals surface area contributed by atoms with Gasteiger partial charge in [-0.15, -0.1) is 6.58 Å². The summed E-state index contributed by atoms with van der Waals surface area (Å²) in [6.45, 7) is 16.3. The quantitative estimate of drug-likeness (QED) is 0.329. The fourth-order valence-electron chi connectivity index (χ4n) is 3.06. The molecule has 6 nitrogen and oxygen atoms in total. The summed E-state index contributed by atoms with van der Waals surface area (Å²) < 4.78 is 19.4. The molecule has 0 radical (unpaired) electrons. The maximum Gasteiger partial charge on any atom is 0.354 e. The van der Waals surface area contributed by atoms with Gasteiger partial charge in [0, 0.05) is 5.75 Å². The summed E-state index contributed by atoms with van der Waals surface area (Å²) in [5.41, 5.74) is -0.124. The van der Waals surface area contributed by atoms with Gasteiger partial charge in [-0.05, 0) is 31.0 Å². The number of fused-ring (bicyclic) bond motifs is 1. The second-order valence-electron chi connectivity index (χ2n) is 8.64. The second-order valence-corrected chi connectivity index (χ2v) is 16.3. The lowest BCUT2D eigenvalue weighted by atomic mass is 9.90. The Morgan fingerprint density at radius 2 is 2.07 bits per heavy atom. The van der Waals surface area contributed by atoms with Gasteiger partial charge in [0.1, 0.15) is 9.61 Å². The van der Waals surface area contributed by atoms with Crippen molar-refractivity contribution in [3.8, 4) is 0 Å². The molecule has 2 aliphatic rings. The number of carbonyl (C=O) groups is 2. The van der Waals surface area contributed by atoms with E-state index in [1.807, 2.05) is 6.92 Å². The molecular formula is C19H31NO5S2Si. The molecule has 1 saturated heterocycles. The summed E-state index contributed by atoms with van der Waals surface area (Å²) in [6.07, 6.45) is 2.59. The van der Waals surface area contributed by atoms with Crippen LogP contribution in [0, 0.1) is 5.92 Å². The van der Waals surface area contributed by atoms with E-state index in [2.05, 4.69) is 40.4 Å². The molecule has 9 heteroatoms. The predicted molar refractivity (Wildman–Crippen MR) is 117 cm³/mol. The topological polar surface area (TPSA) is 83.9 Å². The van der Waals surface area contributed by atoms with Crippen LogP contribution in [-0.4, -0.2) is 51.6 Å². The van der Waals surface area contributed by atoms with E-state index in [1.165, 1.54) is 16.7 Å². The molecule has 0 aliphatic carbocycles. The Morgan fingerprint density at radius 3 is 2.54 bits per heavy atom. The van der Waals surface area contributed by atoms with Crippen LogP contribution in [0.2, 0.25) is 18.1 Å². The molecule has 1 unspecified atom stereocenters. The average Bonchev–Trinajstić information content (AvgIpc) is 2.93. The van der Waals surface area contributed by atoms with Crippen LogP contribution in [0.4, 0.5) is 0 Å². The number of rotatable bonds is 9. The van der Waals surface area contributed by atoms with Crippen LogP contribution in [0.1, 0.15) is 40.5 Å². The fourth-order valence-corrected chi connectivity index (χ4v) is 7.69. The lowest BCUT2D eigenvalue weighted by Crippen LogP contribution is -2.63. The second kappa shape index (κ2) is 8.45. The number of β-lactam (4-membered cyclic amide) rings is 1. The predicted octanol–water partition coefficient (Wildman–Crippen LogP) is 3.90. The third kappa shape index (κ3) is 4.17. The van der Waals surface area contributed by atoms with Crippen LogP contribution in [0.25, 0.3) is 0 Å². The highest BCUT2D eigenvalue weighted by molar-refractivity contribution is 8.17. The first-order valence-electron chi connectivity index (χ1n) is 9.51. The zero-order chi connectivity index (χ0) is 21.4. The maximum absolute atomic E-state index is 12.9. The van der Waals surface area contributed by atoms with Crippen molar-refractivity contribution in [2.75, 3.05) is 5.75 Å². The standard InChI is InChI=1S/C19H31NO5S2Si/c1-8-10-11-27(24)18-14(17(22)23)20-15(21)13(16(20)26-18)12(9-2)25-28(6,7)19(3,4)5/h8,12-13,16H,1,9-11H2,2-7H3,(H,22,23)/t12-,13-,16-,27?/m1/s1. The number of nitrogens with zero attached hydrogens (tertiary/aromatic N) is 1. The highest BCUT2D eigenvalue weighted by atomic mass is 32.2. The van der Waals surface area contributed by atoms with Gasteiger partial charge in [-0.25, -0.2) is 4.79 Å². The summed E-state index contributed by atoms with van der Waals surface area (Å²) in [4.78, 5) is 26.0. The summed E-state index contributed by atoms with van der Waals surface area (Å²) in [5, 5.41) is 9.29. The van der Waals surface area contributed by atoms with Gasteiger partial charge in [0.25, 0.3) is 0 Å². The monoisotopic (exact) mass is 445 g/mol. The maximum atomic E-state index is 12.9. The van der Waals surface area contributed by atoms with Crippen LogP contribution in [0.3, 0.4) is 0 Å². The molecule has 0 spiro atoms. The fraction of sp³-hybridized carbons (Fsp3) is 0.684. The first-order chi connectivity index (χ1) is 12.9. The highest BCUT2D eigenvalue weighted by Gasteiger charge is 2.60. The van der Waals surface area contributed by atoms with Crippen molar-refractivity contribution in [2.45, 2.75) is 70.1 Å². The van der Waals surface area contributed by atoms with E-state index in [4.69, 9.17) is 4.43 Å². The summed E-state index contributed by atoms with van der Waals surface area (Å²) in [7, 11) is -3.54. The van der Waals surface area contributed by atoms with Crippen LogP contribution < -0.4 is 0 Å². The Kier molecular flexibility index (Phi) is 7.06. The molecule has 2 heterocycles. The third-order valence-electron chi connectivity index (χ3n) is 5.72. The molecule has 4 atom stereocenters. The SMILES string of the molecule is C=CCCS(=O)C1=C(C(=O)O)N2C(=O)[C@@H]([C@@H](CC)O[Si](C)(C)C(C)(C)C)[C@H]2S1. The Bertz CT molecular complexity index is 728. The molecule has 2 aliphatic heterocycles. The zero-order valence-corrected chi connectivity index (χ0v) is 20.1. The van der Waals surface area contributed by atoms with E-state index in [0.29, 0.717) is 18.6 Å². The van der Waals surface area contributed by atoms with Gasteiger partial charge in [0.2, 0.25) is 5.91 Å². The van der Waals surface area contributed by atoms with E-state index in [9.17, 15) is 18.9 Å². The molecular weight excluding hydrogens is 414 g/mol. The molecule has 0 aromatic rings. The van der Waals surface area contributed by atoms with Crippen LogP contribution in [0.5, 0.6) is 0 Å². The minimum absolute atomic E-state index is 0.0114. The Morgan fingerprint density at radius 1 is 1.46 bits per heavy atom. The van der Waals surface area contributed by atoms with E-state index >= 15 is 0 Å². The Labute approximate surface area is 175 Å². The van der Waals surface area contributed by atoms with E-state index < -0.39 is 31.0 Å². The highest BCUT2D eigenvalue weighted by Crippen LogP contribution is 2.53. The van der Waals surface area contributed by atoms with E-state index in [-0.39, 0.29) is 32.4 Å². The van der Waals surface area contributed by atoms with Gasteiger partial charge in [0.15, 0.2) is 14.0 Å². The third-order valence-corrected chi connectivity index (χ3v) is 13.4. The first kappa shape index (κ1) is 23.4. The number of carboxylic acid groups (broad SMARTS) is 1. The largest absolute Gasteiger partial charge is 0.477 e. The lowest BCUT2D eigenvalue weighted by molar-refractivity contribution is -0.156. The number of hydrogen-bond acceptors (Lipinski definition) is 5. The lowest BCUT2D eigenvalue weighted by Gasteiger charge is -2.48. The van der Waals surface area contributed by atoms with Gasteiger partial charge in [0.05, 0.1) is 22.8 Å². The summed E-state index contributed by atoms with van der Waals surface area (Å²) in [5.74, 6) is -1.55. The molecule has 0 aromatic carbocycles. The van der Waals surface area contributed by atoms with Gasteiger partial charge >= 0.3 is 5.97 Å². The van der Waals surface area contributed by atoms with Gasteiger partial charge in [-0.3, -0.25) is 13.9 Å². The number of hydrogen-bond donors (Lipinski definition) is 1. The Balaban J connectivity index is 2.26. The minimum atomic E-state index is -2.08. The van der Waals surface area contributed by atoms with Crippen LogP contribution >= 0.6 is 11.8 Å². The van der Waals surface area contributed by atoms with Crippen LogP contribution in [-0.2, 0) is 24.8 Å². The first-order valence-corrected chi connectivity index (χ1v) is 14.6. The normalized spacial score (nSPS) is 24.6. The molecule has 0 aromatic heterocycles. The van der Waals surface area contributed by atoms with Crippen molar-refractivity contribution >= 4 is 42.8 Å². The molecule has 0 saturated carbocycles. The molecule has 2 rings (SSSR count). The summed E-state index contributed by atoms with van der Waals surface area (Å²) >= 11 is 1.25. The molecule has 158 valence electrons. The van der Waals surface area contributed by atoms with Crippen LogP contribution in [0.15, 0.2) is 22.6 Å². The molecule has 1 amide bonds. The number of aliphatic carboxylic acids is 1. The molecule has 1 N–H and O–H groups in total. The van der Waals surface area contributed by atoms with Crippen molar-refractivity contribution in [1.82, 2.24) is 4.90 Å². The average molecular weight is 446 g/mol. The number of carboxylic acids is 1. The molecule has 0 bridgehead atoms. The number of thioether (sulfide) groups is 1. The van der Waals surface area contributed by atoms with Crippen molar-refractivity contribution in [3.05, 3.63) is 22.6 Å². The minimum Gasteiger partial charge on any atom is -0.477 e. The van der Waals surface area contributed by atoms with E-state index in [0.717, 1.165) is 0 Å². The zero-order valence-electron chi connectivity index (χ0n) is 17.5. The van der Waals surface area contributed by atoms with Gasteiger partial charge < -0.3 is 9.53 Å².